The third-order valence-corrected chi connectivity index (χ3v) is 4.29. The molecule has 1 aromatic carbocycles. The highest BCUT2D eigenvalue weighted by Crippen LogP contribution is 2.27. The summed E-state index contributed by atoms with van der Waals surface area (Å²) in [4.78, 5) is 5.00. The zero-order valence-corrected chi connectivity index (χ0v) is 15.6. The van der Waals surface area contributed by atoms with E-state index in [4.69, 9.17) is 28.6 Å². The van der Waals surface area contributed by atoms with Gasteiger partial charge in [-0.3, -0.25) is 5.43 Å². The van der Waals surface area contributed by atoms with Crippen LogP contribution in [-0.4, -0.2) is 36.1 Å². The maximum Gasteiger partial charge on any atom is 0.189 e. The molecule has 0 saturated carbocycles. The molecule has 0 spiro atoms. The summed E-state index contributed by atoms with van der Waals surface area (Å²) >= 11 is 12.7. The van der Waals surface area contributed by atoms with Gasteiger partial charge in [-0.15, -0.1) is 0 Å². The number of nitrogens with one attached hydrogen (secondary N) is 3. The summed E-state index contributed by atoms with van der Waals surface area (Å²) < 4.78 is 5.03. The van der Waals surface area contributed by atoms with Crippen molar-refractivity contribution < 1.29 is 4.74 Å². The monoisotopic (exact) mass is 383 g/mol. The highest BCUT2D eigenvalue weighted by atomic mass is 35.5. The minimum absolute atomic E-state index is 0.0962. The smallest absolute Gasteiger partial charge is 0.189 e. The number of para-hydroxylation sites is 1. The van der Waals surface area contributed by atoms with Gasteiger partial charge >= 0.3 is 0 Å². The number of nitrogens with zero attached hydrogens (tertiary/aromatic N) is 2. The molecule has 0 bridgehead atoms. The molecule has 0 aliphatic heterocycles. The van der Waals surface area contributed by atoms with Crippen molar-refractivity contribution in [3.63, 3.8) is 0 Å². The van der Waals surface area contributed by atoms with E-state index in [2.05, 4.69) is 26.1 Å². The van der Waals surface area contributed by atoms with Crippen molar-refractivity contribution in [2.24, 2.45) is 5.10 Å². The van der Waals surface area contributed by atoms with Crippen LogP contribution in [0.25, 0.3) is 0 Å². The third kappa shape index (κ3) is 6.04. The fraction of sp³-hybridized carbons (Fsp3) is 0.267. The van der Waals surface area contributed by atoms with Crippen molar-refractivity contribution in [2.75, 3.05) is 19.0 Å². The van der Waals surface area contributed by atoms with Gasteiger partial charge in [0.05, 0.1) is 17.7 Å². The molecule has 2 rings (SSSR count). The number of thiazole rings is 1. The van der Waals surface area contributed by atoms with Crippen molar-refractivity contribution in [2.45, 2.75) is 13.0 Å². The zero-order chi connectivity index (χ0) is 17.4. The number of hydrogen-bond donors (Lipinski definition) is 3. The lowest BCUT2D eigenvalue weighted by molar-refractivity contribution is 0.179. The van der Waals surface area contributed by atoms with E-state index in [1.54, 1.807) is 13.3 Å². The van der Waals surface area contributed by atoms with E-state index in [9.17, 15) is 0 Å². The molecule has 0 fully saturated rings. The second-order valence-electron chi connectivity index (χ2n) is 4.86. The van der Waals surface area contributed by atoms with Gasteiger partial charge in [-0.1, -0.05) is 41.1 Å². The molecule has 128 valence electrons. The van der Waals surface area contributed by atoms with Gasteiger partial charge in [-0.05, 0) is 31.3 Å². The number of aromatic nitrogens is 1. The molecule has 6 nitrogen and oxygen atoms in total. The average molecular weight is 384 g/mol. The molecule has 24 heavy (non-hydrogen) atoms. The summed E-state index contributed by atoms with van der Waals surface area (Å²) in [6, 6.07) is 9.85. The molecule has 0 radical (unpaired) electrons. The Kier molecular flexibility index (Phi) is 7.38. The maximum absolute atomic E-state index is 6.13. The minimum atomic E-state index is 0.0962. The Bertz CT molecular complexity index is 692. The van der Waals surface area contributed by atoms with E-state index in [1.807, 2.05) is 37.3 Å². The Morgan fingerprint density at radius 1 is 1.46 bits per heavy atom. The third-order valence-electron chi connectivity index (χ3n) is 2.78. The van der Waals surface area contributed by atoms with Crippen LogP contribution in [0.2, 0.25) is 5.15 Å². The molecule has 1 atom stereocenters. The van der Waals surface area contributed by atoms with Crippen LogP contribution in [-0.2, 0) is 4.74 Å². The average Bonchev–Trinajstić information content (AvgIpc) is 2.88. The quantitative estimate of drug-likeness (QED) is 0.387. The fourth-order valence-electron chi connectivity index (χ4n) is 1.79. The SMILES string of the molecule is COC[C@H](C)NC(=S)N/N=C/c1sc(Nc2ccccc2)nc1Cl. The molecule has 0 unspecified atom stereocenters. The van der Waals surface area contributed by atoms with Crippen LogP contribution in [0.15, 0.2) is 35.4 Å². The van der Waals surface area contributed by atoms with Crippen LogP contribution in [0.5, 0.6) is 0 Å². The maximum atomic E-state index is 6.13. The Hall–Kier alpha value is -1.74. The van der Waals surface area contributed by atoms with Crippen molar-refractivity contribution in [1.82, 2.24) is 15.7 Å². The lowest BCUT2D eigenvalue weighted by atomic mass is 10.3. The van der Waals surface area contributed by atoms with Gasteiger partial charge in [0.25, 0.3) is 0 Å². The van der Waals surface area contributed by atoms with Crippen LogP contribution in [0.1, 0.15) is 11.8 Å². The van der Waals surface area contributed by atoms with Crippen molar-refractivity contribution in [3.05, 3.63) is 40.4 Å². The van der Waals surface area contributed by atoms with Crippen molar-refractivity contribution in [3.8, 4) is 0 Å². The van der Waals surface area contributed by atoms with Gasteiger partial charge in [0.15, 0.2) is 15.4 Å². The summed E-state index contributed by atoms with van der Waals surface area (Å²) in [6.45, 7) is 2.52. The molecular formula is C15H18ClN5OS2. The fourth-order valence-corrected chi connectivity index (χ4v) is 3.09. The van der Waals surface area contributed by atoms with Gasteiger partial charge in [0.2, 0.25) is 0 Å². The molecular weight excluding hydrogens is 366 g/mol. The number of rotatable bonds is 7. The summed E-state index contributed by atoms with van der Waals surface area (Å²) in [5.41, 5.74) is 3.69. The molecule has 0 aliphatic rings. The first-order valence-electron chi connectivity index (χ1n) is 7.15. The van der Waals surface area contributed by atoms with Crippen LogP contribution >= 0.6 is 35.2 Å². The number of anilines is 2. The number of hydrazone groups is 1. The molecule has 0 saturated heterocycles. The topological polar surface area (TPSA) is 70.6 Å². The minimum Gasteiger partial charge on any atom is -0.383 e. The lowest BCUT2D eigenvalue weighted by Crippen LogP contribution is -2.40. The number of benzene rings is 1. The number of thiocarbonyl (C=S) groups is 1. The number of methoxy groups -OCH3 is 1. The molecule has 0 aliphatic carbocycles. The van der Waals surface area contributed by atoms with E-state index >= 15 is 0 Å². The van der Waals surface area contributed by atoms with E-state index in [0.717, 1.165) is 10.6 Å². The molecule has 2 aromatic rings. The van der Waals surface area contributed by atoms with Crippen LogP contribution in [0.4, 0.5) is 10.8 Å². The second kappa shape index (κ2) is 9.53. The lowest BCUT2D eigenvalue weighted by Gasteiger charge is -2.13. The molecule has 9 heteroatoms. The summed E-state index contributed by atoms with van der Waals surface area (Å²) in [5.74, 6) is 0. The van der Waals surface area contributed by atoms with Crippen LogP contribution in [0, 0.1) is 0 Å². The number of ether oxygens (including phenoxy) is 1. The van der Waals surface area contributed by atoms with Crippen molar-refractivity contribution >= 4 is 57.3 Å². The van der Waals surface area contributed by atoms with Gasteiger partial charge in [-0.25, -0.2) is 4.98 Å². The van der Waals surface area contributed by atoms with Gasteiger partial charge in [0, 0.05) is 18.8 Å². The summed E-state index contributed by atoms with van der Waals surface area (Å²) in [7, 11) is 1.64. The van der Waals surface area contributed by atoms with E-state index in [0.29, 0.717) is 22.0 Å². The highest BCUT2D eigenvalue weighted by molar-refractivity contribution is 7.80. The first-order chi connectivity index (χ1) is 11.6. The van der Waals surface area contributed by atoms with E-state index in [1.165, 1.54) is 11.3 Å². The normalized spacial score (nSPS) is 12.1. The first kappa shape index (κ1) is 18.6. The predicted octanol–water partition coefficient (Wildman–Crippen LogP) is 3.37. The Morgan fingerprint density at radius 2 is 2.21 bits per heavy atom. The largest absolute Gasteiger partial charge is 0.383 e. The molecule has 3 N–H and O–H groups in total. The number of halogens is 1. The molecule has 0 amide bonds. The number of hydrogen-bond acceptors (Lipinski definition) is 6. The molecule has 1 heterocycles. The second-order valence-corrected chi connectivity index (χ2v) is 6.66. The Morgan fingerprint density at radius 3 is 2.92 bits per heavy atom. The zero-order valence-electron chi connectivity index (χ0n) is 13.2. The summed E-state index contributed by atoms with van der Waals surface area (Å²) in [6.07, 6.45) is 1.59. The Balaban J connectivity index is 1.89. The van der Waals surface area contributed by atoms with Gasteiger partial charge in [-0.2, -0.15) is 5.10 Å². The van der Waals surface area contributed by atoms with Gasteiger partial charge in [0.1, 0.15) is 0 Å². The first-order valence-corrected chi connectivity index (χ1v) is 8.75. The molecule has 1 aromatic heterocycles. The van der Waals surface area contributed by atoms with Crippen LogP contribution in [0.3, 0.4) is 0 Å². The van der Waals surface area contributed by atoms with E-state index < -0.39 is 0 Å². The van der Waals surface area contributed by atoms with Gasteiger partial charge < -0.3 is 15.4 Å². The standard InChI is InChI=1S/C15H18ClN5OS2/c1-10(9-22-2)18-14(23)21-17-8-12-13(16)20-15(24-12)19-11-6-4-3-5-7-11/h3-8,10H,9H2,1-2H3,(H,19,20)(H2,18,21,23)/b17-8+/t10-/m0/s1. The van der Waals surface area contributed by atoms with E-state index in [-0.39, 0.29) is 6.04 Å². The van der Waals surface area contributed by atoms with Crippen LogP contribution < -0.4 is 16.1 Å². The highest BCUT2D eigenvalue weighted by Gasteiger charge is 2.08. The predicted molar refractivity (Wildman–Crippen MR) is 105 cm³/mol. The summed E-state index contributed by atoms with van der Waals surface area (Å²) in [5, 5.41) is 11.8. The van der Waals surface area contributed by atoms with Crippen molar-refractivity contribution in [1.29, 1.82) is 0 Å². The Labute approximate surface area is 155 Å².